The van der Waals surface area contributed by atoms with Crippen LogP contribution < -0.4 is 15.1 Å². The van der Waals surface area contributed by atoms with Gasteiger partial charge in [-0.25, -0.2) is 17.9 Å². The van der Waals surface area contributed by atoms with Gasteiger partial charge in [0.05, 0.1) is 23.1 Å². The van der Waals surface area contributed by atoms with Crippen molar-refractivity contribution in [3.8, 4) is 5.69 Å². The Hall–Kier alpha value is -3.54. The first-order valence-corrected chi connectivity index (χ1v) is 15.7. The summed E-state index contributed by atoms with van der Waals surface area (Å²) in [6.45, 7) is 6.24. The Labute approximate surface area is 242 Å². The molecule has 1 N–H and O–H groups in total. The third kappa shape index (κ3) is 6.07. The van der Waals surface area contributed by atoms with Crippen molar-refractivity contribution in [1.29, 1.82) is 0 Å². The number of aromatic nitrogens is 2. The number of nitrogens with zero attached hydrogens (tertiary/aromatic N) is 4. The number of anilines is 1. The van der Waals surface area contributed by atoms with Gasteiger partial charge in [-0.1, -0.05) is 17.6 Å². The highest BCUT2D eigenvalue weighted by atomic mass is 32.2. The molecule has 0 atom stereocenters. The number of ether oxygens (including phenoxy) is 1. The van der Waals surface area contributed by atoms with Crippen LogP contribution in [0.2, 0.25) is 0 Å². The maximum absolute atomic E-state index is 13.4. The van der Waals surface area contributed by atoms with Crippen LogP contribution in [0.1, 0.15) is 68.4 Å². The predicted octanol–water partition coefficient (Wildman–Crippen LogP) is 3.22. The van der Waals surface area contributed by atoms with Crippen molar-refractivity contribution in [2.45, 2.75) is 64.0 Å². The lowest BCUT2D eigenvalue weighted by atomic mass is 9.96. The number of rotatable bonds is 6. The highest BCUT2D eigenvalue weighted by Crippen LogP contribution is 2.47. The first-order chi connectivity index (χ1) is 19.3. The minimum absolute atomic E-state index is 0.193. The van der Waals surface area contributed by atoms with E-state index in [1.165, 1.54) is 10.6 Å². The molecule has 1 aliphatic carbocycles. The number of fused-ring (bicyclic) bond motifs is 1. The Balaban J connectivity index is 1.57. The van der Waals surface area contributed by atoms with Crippen molar-refractivity contribution in [2.75, 3.05) is 30.7 Å². The van der Waals surface area contributed by atoms with E-state index < -0.39 is 21.7 Å². The van der Waals surface area contributed by atoms with Crippen LogP contribution in [0.15, 0.2) is 36.4 Å². The lowest BCUT2D eigenvalue weighted by Crippen LogP contribution is -2.49. The van der Waals surface area contributed by atoms with Crippen LogP contribution in [-0.2, 0) is 14.8 Å². The third-order valence-electron chi connectivity index (χ3n) is 7.46. The number of sulfonamides is 1. The fourth-order valence-corrected chi connectivity index (χ4v) is 6.71. The van der Waals surface area contributed by atoms with Gasteiger partial charge >= 0.3 is 6.09 Å². The summed E-state index contributed by atoms with van der Waals surface area (Å²) in [6.07, 6.45) is 3.65. The van der Waals surface area contributed by atoms with E-state index in [1.807, 2.05) is 26.8 Å². The van der Waals surface area contributed by atoms with Gasteiger partial charge in [0.1, 0.15) is 19.1 Å². The van der Waals surface area contributed by atoms with Gasteiger partial charge in [0.2, 0.25) is 10.0 Å². The molecular formula is C29H36BN5O5S. The molecule has 5 rings (SSSR count). The van der Waals surface area contributed by atoms with Gasteiger partial charge in [0.15, 0.2) is 0 Å². The normalized spacial score (nSPS) is 16.6. The van der Waals surface area contributed by atoms with Gasteiger partial charge in [0.25, 0.3) is 5.91 Å². The van der Waals surface area contributed by atoms with Crippen molar-refractivity contribution in [3.05, 3.63) is 47.7 Å². The highest BCUT2D eigenvalue weighted by molar-refractivity contribution is 7.92. The summed E-state index contributed by atoms with van der Waals surface area (Å²) in [6, 6.07) is 10.5. The number of hydrogen-bond donors (Lipinski definition) is 1. The molecule has 2 aliphatic rings. The average Bonchev–Trinajstić information content (AvgIpc) is 3.67. The maximum Gasteiger partial charge on any atom is 0.410 e. The van der Waals surface area contributed by atoms with Crippen molar-refractivity contribution in [3.63, 3.8) is 0 Å². The van der Waals surface area contributed by atoms with Crippen LogP contribution in [0.5, 0.6) is 0 Å². The molecule has 41 heavy (non-hydrogen) atoms. The van der Waals surface area contributed by atoms with Gasteiger partial charge in [-0.2, -0.15) is 5.10 Å². The molecule has 3 aromatic rings. The molecule has 2 amide bonds. The van der Waals surface area contributed by atoms with Gasteiger partial charge in [-0.3, -0.25) is 9.10 Å². The zero-order valence-corrected chi connectivity index (χ0v) is 25.0. The fourth-order valence-electron chi connectivity index (χ4n) is 5.45. The molecular weight excluding hydrogens is 541 g/mol. The van der Waals surface area contributed by atoms with Crippen LogP contribution >= 0.6 is 0 Å². The van der Waals surface area contributed by atoms with E-state index in [4.69, 9.17) is 17.7 Å². The minimum Gasteiger partial charge on any atom is -0.444 e. The molecule has 12 heteroatoms. The van der Waals surface area contributed by atoms with E-state index in [2.05, 4.69) is 5.32 Å². The molecule has 1 aliphatic heterocycles. The molecule has 2 heterocycles. The zero-order valence-electron chi connectivity index (χ0n) is 24.2. The van der Waals surface area contributed by atoms with Crippen LogP contribution in [0, 0.1) is 0 Å². The molecule has 1 saturated carbocycles. The van der Waals surface area contributed by atoms with Gasteiger partial charge in [-0.05, 0) is 82.2 Å². The highest BCUT2D eigenvalue weighted by Gasteiger charge is 2.38. The van der Waals surface area contributed by atoms with Gasteiger partial charge in [0, 0.05) is 31.6 Å². The van der Waals surface area contributed by atoms with E-state index in [0.717, 1.165) is 18.4 Å². The molecule has 1 aromatic heterocycles. The lowest BCUT2D eigenvalue weighted by Gasteiger charge is -2.39. The van der Waals surface area contributed by atoms with E-state index in [-0.39, 0.29) is 17.9 Å². The van der Waals surface area contributed by atoms with E-state index >= 15 is 0 Å². The summed E-state index contributed by atoms with van der Waals surface area (Å²) < 4.78 is 35.3. The SMILES string of the molecule is [B]c1ccc(-n2nc3cc(N(C4CCN(C(=O)OC(C)(C)C)CC4)S(C)(=O)=O)c(C4CC4)cc3c2C(=O)NC)cc1. The van der Waals surface area contributed by atoms with Gasteiger partial charge < -0.3 is 15.0 Å². The summed E-state index contributed by atoms with van der Waals surface area (Å²) in [5.41, 5.74) is 3.01. The largest absolute Gasteiger partial charge is 0.444 e. The van der Waals surface area contributed by atoms with Gasteiger partial charge in [-0.15, -0.1) is 0 Å². The predicted molar refractivity (Wildman–Crippen MR) is 160 cm³/mol. The summed E-state index contributed by atoms with van der Waals surface area (Å²) in [4.78, 5) is 27.4. The number of benzene rings is 2. The third-order valence-corrected chi connectivity index (χ3v) is 8.67. The molecule has 216 valence electrons. The monoisotopic (exact) mass is 577 g/mol. The van der Waals surface area contributed by atoms with Crippen LogP contribution in [0.4, 0.5) is 10.5 Å². The summed E-state index contributed by atoms with van der Waals surface area (Å²) in [7, 11) is 3.76. The zero-order chi connectivity index (χ0) is 29.7. The molecule has 10 nitrogen and oxygen atoms in total. The van der Waals surface area contributed by atoms with E-state index in [0.29, 0.717) is 59.4 Å². The summed E-state index contributed by atoms with van der Waals surface area (Å²) in [5, 5.41) is 8.13. The summed E-state index contributed by atoms with van der Waals surface area (Å²) >= 11 is 0. The topological polar surface area (TPSA) is 114 Å². The molecule has 0 unspecified atom stereocenters. The molecule has 1 saturated heterocycles. The second kappa shape index (κ2) is 10.7. The van der Waals surface area contributed by atoms with Crippen molar-refractivity contribution >= 4 is 51.9 Å². The molecule has 2 aromatic carbocycles. The second-order valence-corrected chi connectivity index (χ2v) is 13.8. The number of amides is 2. The number of piperidine rings is 1. The van der Waals surface area contributed by atoms with Crippen LogP contribution in [0.25, 0.3) is 16.6 Å². The molecule has 2 radical (unpaired) electrons. The lowest BCUT2D eigenvalue weighted by molar-refractivity contribution is 0.0207. The van der Waals surface area contributed by atoms with Crippen LogP contribution in [0.3, 0.4) is 0 Å². The molecule has 0 spiro atoms. The Morgan fingerprint density at radius 1 is 1.07 bits per heavy atom. The van der Waals surface area contributed by atoms with Crippen molar-refractivity contribution < 1.29 is 22.7 Å². The Morgan fingerprint density at radius 3 is 2.24 bits per heavy atom. The molecule has 0 bridgehead atoms. The Morgan fingerprint density at radius 2 is 1.71 bits per heavy atom. The molecule has 2 fully saturated rings. The first kappa shape index (κ1) is 29.0. The number of nitrogens with one attached hydrogen (secondary N) is 1. The number of carbonyl (C=O) groups excluding carboxylic acids is 2. The standard InChI is InChI=1S/C29H36BN5O5S/c1-29(2,3)40-28(37)33-14-12-21(13-15-33)35(41(5,38)39)25-17-24-23(16-22(25)18-6-7-18)26(27(36)31-4)34(32-24)20-10-8-19(30)9-11-20/h8-11,16-18,21H,6-7,12-15H2,1-5H3,(H,31,36). The number of carbonyl (C=O) groups is 2. The van der Waals surface area contributed by atoms with E-state index in [9.17, 15) is 18.0 Å². The number of hydrogen-bond acceptors (Lipinski definition) is 6. The minimum atomic E-state index is -3.69. The smallest absolute Gasteiger partial charge is 0.410 e. The Bertz CT molecular complexity index is 1580. The fraction of sp³-hybridized carbons (Fsp3) is 0.483. The van der Waals surface area contributed by atoms with Crippen LogP contribution in [-0.4, -0.2) is 81.0 Å². The number of likely N-dealkylation sites (tertiary alicyclic amines) is 1. The van der Waals surface area contributed by atoms with Crippen molar-refractivity contribution in [1.82, 2.24) is 20.0 Å². The maximum atomic E-state index is 13.4. The average molecular weight is 578 g/mol. The first-order valence-electron chi connectivity index (χ1n) is 13.9. The van der Waals surface area contributed by atoms with Crippen molar-refractivity contribution in [2.24, 2.45) is 0 Å². The quantitative estimate of drug-likeness (QED) is 0.451. The second-order valence-electron chi connectivity index (χ2n) is 11.9. The van der Waals surface area contributed by atoms with E-state index in [1.54, 1.807) is 47.0 Å². The Kier molecular flexibility index (Phi) is 7.56. The summed E-state index contributed by atoms with van der Waals surface area (Å²) in [5.74, 6) is -0.105.